The lowest BCUT2D eigenvalue weighted by atomic mass is 10.0. The fraction of sp³-hybridized carbons (Fsp3) is 0.686. The first kappa shape index (κ1) is 34.0. The number of esters is 1. The van der Waals surface area contributed by atoms with Gasteiger partial charge in [0.15, 0.2) is 0 Å². The van der Waals surface area contributed by atoms with Crippen LogP contribution in [-0.2, 0) is 41.7 Å². The molecule has 0 spiro atoms. The van der Waals surface area contributed by atoms with E-state index < -0.39 is 65.1 Å². The number of nitrogens with one attached hydrogen (secondary N) is 2. The predicted octanol–water partition coefficient (Wildman–Crippen LogP) is 4.18. The van der Waals surface area contributed by atoms with E-state index in [-0.39, 0.29) is 38.6 Å². The van der Waals surface area contributed by atoms with Crippen LogP contribution in [0.25, 0.3) is 0 Å². The van der Waals surface area contributed by atoms with E-state index in [1.54, 1.807) is 39.8 Å². The maximum atomic E-state index is 14.4. The summed E-state index contributed by atoms with van der Waals surface area (Å²) in [5.74, 6) is -1.13. The van der Waals surface area contributed by atoms with Gasteiger partial charge in [0.05, 0.1) is 19.7 Å². The van der Waals surface area contributed by atoms with Crippen molar-refractivity contribution in [3.63, 3.8) is 0 Å². The number of hydrogen-bond acceptors (Lipinski definition) is 8. The van der Waals surface area contributed by atoms with Crippen molar-refractivity contribution >= 4 is 30.0 Å². The number of rotatable bonds is 4. The van der Waals surface area contributed by atoms with Gasteiger partial charge in [-0.1, -0.05) is 37.8 Å². The molecule has 0 radical (unpaired) electrons. The molecule has 3 aliphatic heterocycles. The van der Waals surface area contributed by atoms with Gasteiger partial charge in [-0.15, -0.1) is 0 Å². The molecule has 48 heavy (non-hydrogen) atoms. The second-order valence-corrected chi connectivity index (χ2v) is 15.0. The lowest BCUT2D eigenvalue weighted by molar-refractivity contribution is -0.150. The van der Waals surface area contributed by atoms with Crippen LogP contribution in [0, 0.1) is 23.6 Å². The topological polar surface area (TPSA) is 144 Å². The first-order valence-corrected chi connectivity index (χ1v) is 17.3. The fourth-order valence-corrected chi connectivity index (χ4v) is 7.83. The molecule has 2 aliphatic carbocycles. The Balaban J connectivity index is 1.24. The van der Waals surface area contributed by atoms with Gasteiger partial charge in [-0.05, 0) is 76.3 Å². The Morgan fingerprint density at radius 1 is 1.08 bits per heavy atom. The van der Waals surface area contributed by atoms with Crippen LogP contribution in [0.4, 0.5) is 14.0 Å². The van der Waals surface area contributed by atoms with Crippen LogP contribution in [0.3, 0.4) is 0 Å². The number of hydrogen-bond donors (Lipinski definition) is 2. The number of fused-ring (bicyclic) bond motifs is 5. The SMILES string of the molecule is CCOC(=O)C12CC1[C@H]1C[C@H]1CCCCC[C@H](NC(=O)OC(C)(C)C)C(=O)N1C[C@H](OC(=O)N3Cc4cccc(F)c4C3)C[C@H]1C(=O)N2. The van der Waals surface area contributed by atoms with Gasteiger partial charge in [0.25, 0.3) is 0 Å². The molecule has 12 nitrogen and oxygen atoms in total. The van der Waals surface area contributed by atoms with E-state index in [0.717, 1.165) is 25.7 Å². The molecule has 0 aromatic heterocycles. The highest BCUT2D eigenvalue weighted by Crippen LogP contribution is 2.62. The number of ether oxygens (including phenoxy) is 3. The van der Waals surface area contributed by atoms with Gasteiger partial charge in [-0.2, -0.15) is 0 Å². The van der Waals surface area contributed by atoms with E-state index >= 15 is 0 Å². The average Bonchev–Trinajstić information content (AvgIpc) is 3.82. The number of halogens is 1. The Labute approximate surface area is 280 Å². The summed E-state index contributed by atoms with van der Waals surface area (Å²) in [5, 5.41) is 5.72. The normalized spacial score (nSPS) is 31.5. The van der Waals surface area contributed by atoms with E-state index in [1.807, 2.05) is 0 Å². The average molecular weight is 671 g/mol. The van der Waals surface area contributed by atoms with E-state index in [0.29, 0.717) is 42.2 Å². The molecule has 13 heteroatoms. The molecule has 7 atom stereocenters. The minimum Gasteiger partial charge on any atom is -0.464 e. The largest absolute Gasteiger partial charge is 0.464 e. The van der Waals surface area contributed by atoms with Crippen molar-refractivity contribution in [2.45, 2.75) is 121 Å². The molecule has 2 saturated carbocycles. The number of benzene rings is 1. The molecule has 2 N–H and O–H groups in total. The second-order valence-electron chi connectivity index (χ2n) is 15.0. The number of carbonyl (C=O) groups excluding carboxylic acids is 5. The minimum absolute atomic E-state index is 0.00670. The maximum absolute atomic E-state index is 14.4. The van der Waals surface area contributed by atoms with Crippen LogP contribution in [0.5, 0.6) is 0 Å². The number of nitrogens with zero attached hydrogens (tertiary/aromatic N) is 2. The molecule has 2 unspecified atom stereocenters. The van der Waals surface area contributed by atoms with Crippen LogP contribution in [0.1, 0.15) is 90.2 Å². The molecule has 1 aromatic rings. The van der Waals surface area contributed by atoms with Gasteiger partial charge < -0.3 is 29.7 Å². The monoisotopic (exact) mass is 670 g/mol. The summed E-state index contributed by atoms with van der Waals surface area (Å²) in [6.07, 6.45) is 3.02. The third-order valence-electron chi connectivity index (χ3n) is 10.4. The highest BCUT2D eigenvalue weighted by molar-refractivity contribution is 5.96. The Morgan fingerprint density at radius 2 is 1.85 bits per heavy atom. The first-order valence-electron chi connectivity index (χ1n) is 17.3. The quantitative estimate of drug-likeness (QED) is 0.359. The van der Waals surface area contributed by atoms with Crippen molar-refractivity contribution < 1.29 is 42.6 Å². The van der Waals surface area contributed by atoms with Crippen molar-refractivity contribution in [3.8, 4) is 0 Å². The van der Waals surface area contributed by atoms with Gasteiger partial charge in [-0.3, -0.25) is 14.5 Å². The van der Waals surface area contributed by atoms with Gasteiger partial charge in [-0.25, -0.2) is 18.8 Å². The van der Waals surface area contributed by atoms with E-state index in [4.69, 9.17) is 14.2 Å². The molecule has 4 amide bonds. The van der Waals surface area contributed by atoms with Gasteiger partial charge in [0.1, 0.15) is 35.1 Å². The molecular formula is C35H47FN4O8. The lowest BCUT2D eigenvalue weighted by Gasteiger charge is -2.30. The second kappa shape index (κ2) is 13.2. The highest BCUT2D eigenvalue weighted by Gasteiger charge is 2.69. The van der Waals surface area contributed by atoms with E-state index in [9.17, 15) is 28.4 Å². The molecule has 3 heterocycles. The Bertz CT molecular complexity index is 1460. The third-order valence-corrected chi connectivity index (χ3v) is 10.4. The van der Waals surface area contributed by atoms with Crippen molar-refractivity contribution in [2.24, 2.45) is 17.8 Å². The fourth-order valence-electron chi connectivity index (χ4n) is 7.83. The van der Waals surface area contributed by atoms with Crippen molar-refractivity contribution in [3.05, 3.63) is 35.1 Å². The Morgan fingerprint density at radius 3 is 2.58 bits per heavy atom. The molecule has 0 bridgehead atoms. The standard InChI is InChI=1S/C35H47FN4O8/c1-5-46-31(43)35-16-25(35)23-14-20(23)10-7-6-8-13-27(37-32(44)48-34(2,3)4)30(42)40-18-22(15-28(40)29(41)38-35)47-33(45)39-17-21-11-9-12-26(36)24(21)19-39/h9,11-12,20,22-23,25,27-28H,5-8,10,13-19H2,1-4H3,(H,37,44)(H,38,41)/t20-,22-,23+,25?,27+,28+,35?/m1/s1. The minimum atomic E-state index is -1.16. The number of alkyl carbamates (subject to hydrolysis) is 1. The summed E-state index contributed by atoms with van der Waals surface area (Å²) in [5.41, 5.74) is -0.822. The van der Waals surface area contributed by atoms with Crippen LogP contribution >= 0.6 is 0 Å². The highest BCUT2D eigenvalue weighted by atomic mass is 19.1. The molecule has 1 aromatic carbocycles. The summed E-state index contributed by atoms with van der Waals surface area (Å²) in [4.78, 5) is 70.6. The molecule has 5 aliphatic rings. The molecule has 2 saturated heterocycles. The molecule has 262 valence electrons. The number of amides is 4. The zero-order valence-corrected chi connectivity index (χ0v) is 28.2. The Kier molecular flexibility index (Phi) is 9.34. The van der Waals surface area contributed by atoms with Gasteiger partial charge in [0.2, 0.25) is 11.8 Å². The lowest BCUT2D eigenvalue weighted by Crippen LogP contribution is -2.57. The van der Waals surface area contributed by atoms with Gasteiger partial charge in [0, 0.05) is 18.5 Å². The summed E-state index contributed by atoms with van der Waals surface area (Å²) < 4.78 is 31.1. The smallest absolute Gasteiger partial charge is 0.410 e. The maximum Gasteiger partial charge on any atom is 0.410 e. The zero-order valence-electron chi connectivity index (χ0n) is 28.2. The van der Waals surface area contributed by atoms with Gasteiger partial charge >= 0.3 is 18.2 Å². The van der Waals surface area contributed by atoms with Crippen LogP contribution in [0.2, 0.25) is 0 Å². The zero-order chi connectivity index (χ0) is 34.4. The van der Waals surface area contributed by atoms with Crippen LogP contribution in [0.15, 0.2) is 18.2 Å². The summed E-state index contributed by atoms with van der Waals surface area (Å²) >= 11 is 0. The van der Waals surface area contributed by atoms with E-state index in [2.05, 4.69) is 10.6 Å². The molecular weight excluding hydrogens is 623 g/mol. The third kappa shape index (κ3) is 7.10. The van der Waals surface area contributed by atoms with Crippen molar-refractivity contribution in [1.82, 2.24) is 20.4 Å². The number of carbonyl (C=O) groups is 5. The molecule has 4 fully saturated rings. The van der Waals surface area contributed by atoms with Crippen molar-refractivity contribution in [1.29, 1.82) is 0 Å². The van der Waals surface area contributed by atoms with E-state index in [1.165, 1.54) is 15.9 Å². The van der Waals surface area contributed by atoms with Crippen LogP contribution in [-0.4, -0.2) is 82.2 Å². The summed E-state index contributed by atoms with van der Waals surface area (Å²) in [6.45, 7) is 7.22. The summed E-state index contributed by atoms with van der Waals surface area (Å²) in [7, 11) is 0. The first-order chi connectivity index (χ1) is 22.8. The van der Waals surface area contributed by atoms with Crippen LogP contribution < -0.4 is 10.6 Å². The van der Waals surface area contributed by atoms with Crippen molar-refractivity contribution in [2.75, 3.05) is 13.2 Å². The predicted molar refractivity (Wildman–Crippen MR) is 169 cm³/mol. The molecule has 6 rings (SSSR count). The summed E-state index contributed by atoms with van der Waals surface area (Å²) in [6, 6.07) is 2.64. The Hall–Kier alpha value is -3.90.